The number of nitrogens with two attached hydrogens (primary N) is 1. The summed E-state index contributed by atoms with van der Waals surface area (Å²) in [6, 6.07) is 0.211. The molecule has 0 aromatic heterocycles. The predicted molar refractivity (Wildman–Crippen MR) is 47.2 cm³/mol. The molecule has 0 aliphatic carbocycles. The van der Waals surface area contributed by atoms with Crippen LogP contribution in [-0.4, -0.2) is 36.9 Å². The summed E-state index contributed by atoms with van der Waals surface area (Å²) in [7, 11) is -3.57. The van der Waals surface area contributed by atoms with Crippen molar-refractivity contribution in [2.24, 2.45) is 5.14 Å². The fraction of sp³-hybridized carbons (Fsp3) is 0.667. The Balaban J connectivity index is 2.17. The minimum Gasteiger partial charge on any atom is -0.309 e. The van der Waals surface area contributed by atoms with Crippen LogP contribution < -0.4 is 10.6 Å². The summed E-state index contributed by atoms with van der Waals surface area (Å²) >= 11 is 0. The smallest absolute Gasteiger partial charge is 0.298 e. The van der Waals surface area contributed by atoms with Crippen molar-refractivity contribution < 1.29 is 8.42 Å². The van der Waals surface area contributed by atoms with E-state index in [0.29, 0.717) is 6.54 Å². The van der Waals surface area contributed by atoms with Crippen LogP contribution in [0.2, 0.25) is 0 Å². The quantitative estimate of drug-likeness (QED) is 0.548. The van der Waals surface area contributed by atoms with E-state index in [-0.39, 0.29) is 6.04 Å². The SMILES string of the molecule is NS(=O)(=O)N1C=CN2NCCC2C1. The van der Waals surface area contributed by atoms with E-state index in [2.05, 4.69) is 5.43 Å². The van der Waals surface area contributed by atoms with E-state index in [0.717, 1.165) is 13.0 Å². The zero-order valence-electron chi connectivity index (χ0n) is 7.05. The number of nitrogens with one attached hydrogen (secondary N) is 1. The first-order valence-corrected chi connectivity index (χ1v) is 5.57. The van der Waals surface area contributed by atoms with Crippen LogP contribution in [0.3, 0.4) is 0 Å². The first-order valence-electron chi connectivity index (χ1n) is 4.07. The van der Waals surface area contributed by atoms with Gasteiger partial charge < -0.3 is 5.01 Å². The van der Waals surface area contributed by atoms with Crippen molar-refractivity contribution in [2.75, 3.05) is 13.1 Å². The molecule has 2 aliphatic heterocycles. The minimum absolute atomic E-state index is 0.211. The van der Waals surface area contributed by atoms with Crippen LogP contribution in [0.25, 0.3) is 0 Å². The first-order chi connectivity index (χ1) is 6.07. The standard InChI is InChI=1S/C6H12N4O2S/c7-13(11,12)9-3-4-10-6(5-9)1-2-8-10/h3-4,6,8H,1-2,5H2,(H2,7,11,12). The van der Waals surface area contributed by atoms with Gasteiger partial charge in [0, 0.05) is 18.9 Å². The number of hydrogen-bond acceptors (Lipinski definition) is 4. The van der Waals surface area contributed by atoms with Crippen LogP contribution >= 0.6 is 0 Å². The molecule has 0 spiro atoms. The van der Waals surface area contributed by atoms with Gasteiger partial charge >= 0.3 is 0 Å². The third-order valence-electron chi connectivity index (χ3n) is 2.28. The monoisotopic (exact) mass is 204 g/mol. The molecule has 0 saturated carbocycles. The molecule has 0 bridgehead atoms. The zero-order chi connectivity index (χ0) is 9.47. The number of rotatable bonds is 1. The van der Waals surface area contributed by atoms with Gasteiger partial charge in [0.25, 0.3) is 10.2 Å². The average Bonchev–Trinajstić information content (AvgIpc) is 2.47. The number of nitrogens with zero attached hydrogens (tertiary/aromatic N) is 2. The third kappa shape index (κ3) is 1.62. The largest absolute Gasteiger partial charge is 0.309 e. The van der Waals surface area contributed by atoms with Gasteiger partial charge in [-0.05, 0) is 6.42 Å². The van der Waals surface area contributed by atoms with Gasteiger partial charge in [-0.3, -0.25) is 4.31 Å². The van der Waals surface area contributed by atoms with Gasteiger partial charge in [0.15, 0.2) is 0 Å². The Labute approximate surface area is 77.1 Å². The van der Waals surface area contributed by atoms with Crippen LogP contribution in [0.1, 0.15) is 6.42 Å². The molecular weight excluding hydrogens is 192 g/mol. The van der Waals surface area contributed by atoms with Crippen LogP contribution in [0.15, 0.2) is 12.4 Å². The zero-order valence-corrected chi connectivity index (χ0v) is 7.87. The van der Waals surface area contributed by atoms with Crippen molar-refractivity contribution in [3.05, 3.63) is 12.4 Å². The summed E-state index contributed by atoms with van der Waals surface area (Å²) < 4.78 is 23.1. The highest BCUT2D eigenvalue weighted by Crippen LogP contribution is 2.16. The Morgan fingerprint density at radius 1 is 1.46 bits per heavy atom. The van der Waals surface area contributed by atoms with Crippen LogP contribution in [0.5, 0.6) is 0 Å². The lowest BCUT2D eigenvalue weighted by Gasteiger charge is -2.31. The second-order valence-electron chi connectivity index (χ2n) is 3.17. The molecular formula is C6H12N4O2S. The van der Waals surface area contributed by atoms with Crippen molar-refractivity contribution in [1.29, 1.82) is 0 Å². The van der Waals surface area contributed by atoms with Crippen molar-refractivity contribution in [1.82, 2.24) is 14.7 Å². The van der Waals surface area contributed by atoms with Crippen molar-refractivity contribution in [2.45, 2.75) is 12.5 Å². The van der Waals surface area contributed by atoms with Gasteiger partial charge in [0.05, 0.1) is 12.6 Å². The molecule has 2 aliphatic rings. The van der Waals surface area contributed by atoms with E-state index in [1.807, 2.05) is 5.01 Å². The van der Waals surface area contributed by atoms with Gasteiger partial charge in [-0.1, -0.05) is 0 Å². The molecule has 6 nitrogen and oxygen atoms in total. The molecule has 1 unspecified atom stereocenters. The summed E-state index contributed by atoms with van der Waals surface area (Å²) in [4.78, 5) is 0. The molecule has 1 atom stereocenters. The summed E-state index contributed by atoms with van der Waals surface area (Å²) in [5, 5.41) is 6.92. The molecule has 0 aromatic rings. The highest BCUT2D eigenvalue weighted by atomic mass is 32.2. The van der Waals surface area contributed by atoms with Gasteiger partial charge in [0.2, 0.25) is 0 Å². The summed E-state index contributed by atoms with van der Waals surface area (Å²) in [6.45, 7) is 1.32. The molecule has 1 saturated heterocycles. The molecule has 0 amide bonds. The Bertz CT molecular complexity index is 326. The molecule has 3 N–H and O–H groups in total. The van der Waals surface area contributed by atoms with Gasteiger partial charge in [-0.15, -0.1) is 0 Å². The second-order valence-corrected chi connectivity index (χ2v) is 4.67. The van der Waals surface area contributed by atoms with Crippen molar-refractivity contribution in [3.8, 4) is 0 Å². The van der Waals surface area contributed by atoms with Gasteiger partial charge in [-0.25, -0.2) is 10.6 Å². The average molecular weight is 204 g/mol. The number of hydrazine groups is 1. The summed E-state index contributed by atoms with van der Waals surface area (Å²) in [5.41, 5.74) is 3.11. The summed E-state index contributed by atoms with van der Waals surface area (Å²) in [6.07, 6.45) is 4.12. The molecule has 0 radical (unpaired) electrons. The van der Waals surface area contributed by atoms with Crippen molar-refractivity contribution >= 4 is 10.2 Å². The molecule has 7 heteroatoms. The molecule has 13 heavy (non-hydrogen) atoms. The normalized spacial score (nSPS) is 27.9. The Morgan fingerprint density at radius 2 is 2.23 bits per heavy atom. The van der Waals surface area contributed by atoms with Crippen LogP contribution in [0, 0.1) is 0 Å². The lowest BCUT2D eigenvalue weighted by molar-refractivity contribution is 0.226. The molecule has 74 valence electrons. The first kappa shape index (κ1) is 8.79. The maximum atomic E-state index is 11.0. The van der Waals surface area contributed by atoms with Crippen LogP contribution in [0.4, 0.5) is 0 Å². The van der Waals surface area contributed by atoms with Crippen LogP contribution in [-0.2, 0) is 10.2 Å². The number of fused-ring (bicyclic) bond motifs is 1. The van der Waals surface area contributed by atoms with E-state index in [4.69, 9.17) is 5.14 Å². The maximum Gasteiger partial charge on any atom is 0.298 e. The lowest BCUT2D eigenvalue weighted by Crippen LogP contribution is -2.47. The van der Waals surface area contributed by atoms with E-state index < -0.39 is 10.2 Å². The maximum absolute atomic E-state index is 11.0. The fourth-order valence-electron chi connectivity index (χ4n) is 1.59. The third-order valence-corrected chi connectivity index (χ3v) is 3.20. The number of hydrogen-bond donors (Lipinski definition) is 2. The van der Waals surface area contributed by atoms with E-state index in [1.165, 1.54) is 10.5 Å². The Morgan fingerprint density at radius 3 is 2.92 bits per heavy atom. The summed E-state index contributed by atoms with van der Waals surface area (Å²) in [5.74, 6) is 0. The van der Waals surface area contributed by atoms with Crippen molar-refractivity contribution in [3.63, 3.8) is 0 Å². The Kier molecular flexibility index (Phi) is 1.94. The lowest BCUT2D eigenvalue weighted by atomic mass is 10.2. The van der Waals surface area contributed by atoms with Gasteiger partial charge in [-0.2, -0.15) is 8.42 Å². The molecule has 1 fully saturated rings. The fourth-order valence-corrected chi connectivity index (χ4v) is 2.19. The molecule has 0 aromatic carbocycles. The molecule has 2 heterocycles. The van der Waals surface area contributed by atoms with Gasteiger partial charge in [0.1, 0.15) is 0 Å². The highest BCUT2D eigenvalue weighted by molar-refractivity contribution is 7.86. The van der Waals surface area contributed by atoms with E-state index >= 15 is 0 Å². The minimum atomic E-state index is -3.57. The van der Waals surface area contributed by atoms with E-state index in [1.54, 1.807) is 6.20 Å². The van der Waals surface area contributed by atoms with E-state index in [9.17, 15) is 8.42 Å². The topological polar surface area (TPSA) is 78.7 Å². The highest BCUT2D eigenvalue weighted by Gasteiger charge is 2.29. The second kappa shape index (κ2) is 2.86. The predicted octanol–water partition coefficient (Wildman–Crippen LogP) is -1.44. The molecule has 2 rings (SSSR count). The Hall–Kier alpha value is -0.790.